The van der Waals surface area contributed by atoms with Gasteiger partial charge in [-0.15, -0.1) is 0 Å². The summed E-state index contributed by atoms with van der Waals surface area (Å²) in [5.41, 5.74) is 2.33. The van der Waals surface area contributed by atoms with Gasteiger partial charge in [-0.3, -0.25) is 4.99 Å². The number of amidine groups is 1. The largest absolute Gasteiger partial charge is 0.454 e. The van der Waals surface area contributed by atoms with Crippen LogP contribution >= 0.6 is 27.5 Å². The Hall–Kier alpha value is -1.72. The summed E-state index contributed by atoms with van der Waals surface area (Å²) < 4.78 is 12.2. The third kappa shape index (κ3) is 3.62. The summed E-state index contributed by atoms with van der Waals surface area (Å²) in [5, 5.41) is 4.13. The second-order valence-electron chi connectivity index (χ2n) is 6.13. The normalized spacial score (nSPS) is 21.4. The molecule has 1 N–H and O–H groups in total. The van der Waals surface area contributed by atoms with E-state index >= 15 is 0 Å². The number of ether oxygens (including phenoxy) is 2. The lowest BCUT2D eigenvalue weighted by atomic mass is 9.90. The first-order chi connectivity index (χ1) is 12.2. The highest BCUT2D eigenvalue weighted by molar-refractivity contribution is 9.10. The summed E-state index contributed by atoms with van der Waals surface area (Å²) in [6, 6.07) is 4.04. The van der Waals surface area contributed by atoms with Gasteiger partial charge in [0.25, 0.3) is 0 Å². The molecule has 0 aromatic heterocycles. The molecular weight excluding hydrogens is 404 g/mol. The van der Waals surface area contributed by atoms with E-state index in [-0.39, 0.29) is 12.7 Å². The molecule has 0 saturated heterocycles. The predicted molar refractivity (Wildman–Crippen MR) is 104 cm³/mol. The molecule has 4 nitrogen and oxygen atoms in total. The van der Waals surface area contributed by atoms with Crippen LogP contribution in [0.2, 0.25) is 0 Å². The highest BCUT2D eigenvalue weighted by Gasteiger charge is 2.23. The molecule has 25 heavy (non-hydrogen) atoms. The van der Waals surface area contributed by atoms with Gasteiger partial charge in [0.15, 0.2) is 11.5 Å². The van der Waals surface area contributed by atoms with Crippen molar-refractivity contribution in [2.24, 2.45) is 10.9 Å². The lowest BCUT2D eigenvalue weighted by Gasteiger charge is -2.18. The van der Waals surface area contributed by atoms with Gasteiger partial charge >= 0.3 is 0 Å². The average Bonchev–Trinajstić information content (AvgIpc) is 3.23. The van der Waals surface area contributed by atoms with E-state index in [2.05, 4.69) is 44.5 Å². The molecule has 1 aromatic rings. The average molecular weight is 422 g/mol. The molecule has 3 aliphatic rings. The molecule has 0 amide bonds. The Bertz CT molecular complexity index is 814. The summed E-state index contributed by atoms with van der Waals surface area (Å²) in [5.74, 6) is 2.84. The number of benzene rings is 1. The molecule has 1 aromatic carbocycles. The second-order valence-corrected chi connectivity index (χ2v) is 7.49. The van der Waals surface area contributed by atoms with Gasteiger partial charge in [0.2, 0.25) is 6.79 Å². The highest BCUT2D eigenvalue weighted by atomic mass is 79.9. The van der Waals surface area contributed by atoms with Crippen molar-refractivity contribution in [3.8, 4) is 11.5 Å². The van der Waals surface area contributed by atoms with Gasteiger partial charge in [-0.2, -0.15) is 0 Å². The summed E-state index contributed by atoms with van der Waals surface area (Å²) in [7, 11) is 0. The zero-order valence-electron chi connectivity index (χ0n) is 13.6. The molecule has 6 heteroatoms. The Morgan fingerprint density at radius 1 is 1.32 bits per heavy atom. The molecule has 0 saturated carbocycles. The summed E-state index contributed by atoms with van der Waals surface area (Å²) in [4.78, 5) is 4.58. The van der Waals surface area contributed by atoms with Crippen molar-refractivity contribution in [2.45, 2.75) is 12.8 Å². The van der Waals surface area contributed by atoms with Crippen LogP contribution in [-0.4, -0.2) is 25.7 Å². The van der Waals surface area contributed by atoms with E-state index in [9.17, 15) is 0 Å². The van der Waals surface area contributed by atoms with Crippen LogP contribution in [0.4, 0.5) is 0 Å². The summed E-state index contributed by atoms with van der Waals surface area (Å²) in [6.07, 6.45) is 9.90. The summed E-state index contributed by atoms with van der Waals surface area (Å²) in [6.45, 7) is 2.00. The Balaban J connectivity index is 1.57. The molecule has 0 fully saturated rings. The van der Waals surface area contributed by atoms with Crippen LogP contribution in [0.1, 0.15) is 12.0 Å². The van der Waals surface area contributed by atoms with E-state index in [1.807, 2.05) is 18.2 Å². The number of aryl methyl sites for hydroxylation is 1. The van der Waals surface area contributed by atoms with E-state index in [1.54, 1.807) is 0 Å². The number of hydrogen-bond donors (Lipinski definition) is 1. The highest BCUT2D eigenvalue weighted by Crippen LogP contribution is 2.40. The summed E-state index contributed by atoms with van der Waals surface area (Å²) >= 11 is 9.87. The van der Waals surface area contributed by atoms with Crippen LogP contribution in [0.15, 0.2) is 56.5 Å². The number of hydrogen-bond acceptors (Lipinski definition) is 4. The zero-order valence-corrected chi connectivity index (χ0v) is 15.9. The minimum absolute atomic E-state index is 0.198. The number of halogens is 2. The van der Waals surface area contributed by atoms with Crippen LogP contribution in [0.5, 0.6) is 11.5 Å². The van der Waals surface area contributed by atoms with Crippen LogP contribution in [0.3, 0.4) is 0 Å². The van der Waals surface area contributed by atoms with Crippen molar-refractivity contribution >= 4 is 33.4 Å². The molecule has 2 heterocycles. The van der Waals surface area contributed by atoms with Crippen LogP contribution in [0, 0.1) is 5.92 Å². The minimum Gasteiger partial charge on any atom is -0.454 e. The molecule has 1 unspecified atom stereocenters. The van der Waals surface area contributed by atoms with E-state index in [0.29, 0.717) is 0 Å². The zero-order chi connectivity index (χ0) is 17.2. The number of aliphatic imine (C=N–C) groups is 1. The van der Waals surface area contributed by atoms with Crippen molar-refractivity contribution in [3.05, 3.63) is 57.1 Å². The standard InChI is InChI=1S/C19H18BrClN2O2/c20-14-8-13(18-17(10-14)24-11-25-18)5-4-12-9-15(21)2-1-3-16(12)19-22-6-7-23-19/h1-3,8-10,12H,4-7,11H2,(H,22,23). The van der Waals surface area contributed by atoms with Gasteiger partial charge in [-0.1, -0.05) is 45.8 Å². The Morgan fingerprint density at radius 3 is 3.08 bits per heavy atom. The first-order valence-corrected chi connectivity index (χ1v) is 9.50. The molecule has 1 aliphatic carbocycles. The van der Waals surface area contributed by atoms with E-state index < -0.39 is 0 Å². The van der Waals surface area contributed by atoms with Gasteiger partial charge in [-0.25, -0.2) is 0 Å². The Labute approximate surface area is 160 Å². The van der Waals surface area contributed by atoms with Crippen molar-refractivity contribution in [2.75, 3.05) is 19.9 Å². The van der Waals surface area contributed by atoms with Gasteiger partial charge in [0.05, 0.1) is 6.54 Å². The maximum atomic E-state index is 6.32. The third-order valence-corrected chi connectivity index (χ3v) is 5.19. The lowest BCUT2D eigenvalue weighted by Crippen LogP contribution is -2.24. The maximum absolute atomic E-state index is 6.32. The van der Waals surface area contributed by atoms with Crippen molar-refractivity contribution in [1.29, 1.82) is 0 Å². The molecule has 0 radical (unpaired) electrons. The van der Waals surface area contributed by atoms with Gasteiger partial charge in [-0.05, 0) is 36.6 Å². The molecular formula is C19H18BrClN2O2. The van der Waals surface area contributed by atoms with Gasteiger partial charge < -0.3 is 14.8 Å². The Kier molecular flexibility index (Phi) is 4.86. The maximum Gasteiger partial charge on any atom is 0.231 e. The number of allylic oxidation sites excluding steroid dienone is 5. The topological polar surface area (TPSA) is 42.9 Å². The van der Waals surface area contributed by atoms with Crippen LogP contribution < -0.4 is 14.8 Å². The fraction of sp³-hybridized carbons (Fsp3) is 0.316. The molecule has 130 valence electrons. The number of nitrogens with zero attached hydrogens (tertiary/aromatic N) is 1. The molecule has 2 aliphatic heterocycles. The fourth-order valence-electron chi connectivity index (χ4n) is 3.33. The van der Waals surface area contributed by atoms with Crippen molar-refractivity contribution in [3.63, 3.8) is 0 Å². The predicted octanol–water partition coefficient (Wildman–Crippen LogP) is 4.35. The van der Waals surface area contributed by atoms with Crippen LogP contribution in [-0.2, 0) is 6.42 Å². The second kappa shape index (κ2) is 7.26. The smallest absolute Gasteiger partial charge is 0.231 e. The number of fused-ring (bicyclic) bond motifs is 1. The number of rotatable bonds is 4. The number of nitrogens with one attached hydrogen (secondary N) is 1. The van der Waals surface area contributed by atoms with Crippen molar-refractivity contribution in [1.82, 2.24) is 5.32 Å². The first kappa shape index (κ1) is 16.7. The molecule has 0 spiro atoms. The van der Waals surface area contributed by atoms with E-state index in [0.717, 1.165) is 58.3 Å². The molecule has 0 bridgehead atoms. The quantitative estimate of drug-likeness (QED) is 0.786. The van der Waals surface area contributed by atoms with Gasteiger partial charge in [0, 0.05) is 27.5 Å². The van der Waals surface area contributed by atoms with E-state index in [1.165, 1.54) is 5.57 Å². The minimum atomic E-state index is 0.198. The third-order valence-electron chi connectivity index (χ3n) is 4.48. The lowest BCUT2D eigenvalue weighted by molar-refractivity contribution is 0.173. The molecule has 1 atom stereocenters. The van der Waals surface area contributed by atoms with E-state index in [4.69, 9.17) is 21.1 Å². The Morgan fingerprint density at radius 2 is 2.24 bits per heavy atom. The van der Waals surface area contributed by atoms with Crippen molar-refractivity contribution < 1.29 is 9.47 Å². The SMILES string of the molecule is ClC1=CC(CCc2cc(Br)cc3c2OCO3)C(C2=NCCN2)=CC=C1. The first-order valence-electron chi connectivity index (χ1n) is 8.33. The van der Waals surface area contributed by atoms with Crippen LogP contribution in [0.25, 0.3) is 0 Å². The monoisotopic (exact) mass is 420 g/mol. The van der Waals surface area contributed by atoms with Gasteiger partial charge in [0.1, 0.15) is 5.84 Å². The molecule has 4 rings (SSSR count). The fourth-order valence-corrected chi connectivity index (χ4v) is 4.04.